The molecule has 1 saturated heterocycles. The summed E-state index contributed by atoms with van der Waals surface area (Å²) in [5.74, 6) is 1.79. The van der Waals surface area contributed by atoms with Crippen molar-refractivity contribution in [1.82, 2.24) is 9.88 Å². The predicted molar refractivity (Wildman–Crippen MR) is 67.9 cm³/mol. The third-order valence-electron chi connectivity index (χ3n) is 3.56. The molecule has 1 atom stereocenters. The van der Waals surface area contributed by atoms with Gasteiger partial charge in [-0.25, -0.2) is 4.98 Å². The molecule has 0 aromatic carbocycles. The molecule has 1 aromatic rings. The van der Waals surface area contributed by atoms with Crippen LogP contribution in [0.4, 0.5) is 0 Å². The summed E-state index contributed by atoms with van der Waals surface area (Å²) in [6.45, 7) is 5.20. The van der Waals surface area contributed by atoms with Crippen molar-refractivity contribution < 1.29 is 4.42 Å². The summed E-state index contributed by atoms with van der Waals surface area (Å²) in [6.07, 6.45) is 7.48. The average Bonchev–Trinajstić information content (AvgIpc) is 2.78. The highest BCUT2D eigenvalue weighted by molar-refractivity contribution is 4.97. The van der Waals surface area contributed by atoms with Crippen molar-refractivity contribution in [3.63, 3.8) is 0 Å². The van der Waals surface area contributed by atoms with Gasteiger partial charge >= 0.3 is 0 Å². The van der Waals surface area contributed by atoms with E-state index in [0.717, 1.165) is 31.0 Å². The Bertz CT molecular complexity index is 337. The minimum atomic E-state index is 0.609. The number of oxazole rings is 1. The van der Waals surface area contributed by atoms with Crippen molar-refractivity contribution in [2.24, 2.45) is 5.73 Å². The molecule has 1 aromatic heterocycles. The molecule has 17 heavy (non-hydrogen) atoms. The number of likely N-dealkylation sites (N-methyl/N-ethyl adjacent to an activating group) is 1. The molecule has 0 amide bonds. The van der Waals surface area contributed by atoms with Crippen molar-refractivity contribution in [3.05, 3.63) is 17.8 Å². The van der Waals surface area contributed by atoms with E-state index in [-0.39, 0.29) is 0 Å². The van der Waals surface area contributed by atoms with Gasteiger partial charge in [0.1, 0.15) is 5.76 Å². The van der Waals surface area contributed by atoms with Crippen LogP contribution < -0.4 is 5.73 Å². The second-order valence-corrected chi connectivity index (χ2v) is 4.74. The van der Waals surface area contributed by atoms with Gasteiger partial charge in [-0.2, -0.15) is 0 Å². The molecule has 0 spiro atoms. The molecule has 0 radical (unpaired) electrons. The van der Waals surface area contributed by atoms with Crippen LogP contribution in [-0.2, 0) is 12.8 Å². The smallest absolute Gasteiger partial charge is 0.195 e. The van der Waals surface area contributed by atoms with Gasteiger partial charge < -0.3 is 15.1 Å². The second kappa shape index (κ2) is 6.17. The van der Waals surface area contributed by atoms with Crippen molar-refractivity contribution in [2.75, 3.05) is 19.6 Å². The van der Waals surface area contributed by atoms with Crippen LogP contribution in [-0.4, -0.2) is 35.6 Å². The molecular weight excluding hydrogens is 214 g/mol. The summed E-state index contributed by atoms with van der Waals surface area (Å²) in [5.41, 5.74) is 5.50. The van der Waals surface area contributed by atoms with E-state index in [0.29, 0.717) is 12.6 Å². The lowest BCUT2D eigenvalue weighted by atomic mass is 9.99. The summed E-state index contributed by atoms with van der Waals surface area (Å²) in [6, 6.07) is 0.609. The van der Waals surface area contributed by atoms with Crippen LogP contribution in [0, 0.1) is 0 Å². The van der Waals surface area contributed by atoms with Gasteiger partial charge in [0.05, 0.1) is 6.20 Å². The van der Waals surface area contributed by atoms with Crippen LogP contribution in [0.2, 0.25) is 0 Å². The lowest BCUT2D eigenvalue weighted by molar-refractivity contribution is 0.148. The number of hydrogen-bond acceptors (Lipinski definition) is 4. The number of likely N-dealkylation sites (tertiary alicyclic amines) is 1. The molecule has 1 aliphatic rings. The number of nitrogens with zero attached hydrogens (tertiary/aromatic N) is 2. The van der Waals surface area contributed by atoms with Crippen LogP contribution >= 0.6 is 0 Å². The maximum Gasteiger partial charge on any atom is 0.195 e. The van der Waals surface area contributed by atoms with Crippen LogP contribution in [0.3, 0.4) is 0 Å². The molecule has 4 heteroatoms. The van der Waals surface area contributed by atoms with E-state index in [4.69, 9.17) is 10.2 Å². The Balaban J connectivity index is 1.93. The fourth-order valence-electron chi connectivity index (χ4n) is 2.61. The van der Waals surface area contributed by atoms with Crippen molar-refractivity contribution in [1.29, 1.82) is 0 Å². The topological polar surface area (TPSA) is 55.3 Å². The average molecular weight is 237 g/mol. The first-order valence-corrected chi connectivity index (χ1v) is 6.71. The van der Waals surface area contributed by atoms with Gasteiger partial charge in [-0.3, -0.25) is 0 Å². The normalized spacial score (nSPS) is 21.9. The lowest BCUT2D eigenvalue weighted by Gasteiger charge is -2.34. The van der Waals surface area contributed by atoms with Crippen molar-refractivity contribution in [3.8, 4) is 0 Å². The van der Waals surface area contributed by atoms with Crippen LogP contribution in [0.1, 0.15) is 37.8 Å². The third kappa shape index (κ3) is 3.30. The molecule has 96 valence electrons. The van der Waals surface area contributed by atoms with E-state index in [2.05, 4.69) is 16.8 Å². The minimum Gasteiger partial charge on any atom is -0.446 e. The Morgan fingerprint density at radius 1 is 1.53 bits per heavy atom. The number of rotatable bonds is 5. The molecule has 1 unspecified atom stereocenters. The zero-order valence-corrected chi connectivity index (χ0v) is 10.7. The molecule has 4 nitrogen and oxygen atoms in total. The Morgan fingerprint density at radius 3 is 3.18 bits per heavy atom. The van der Waals surface area contributed by atoms with Gasteiger partial charge in [-0.05, 0) is 32.5 Å². The fraction of sp³-hybridized carbons (Fsp3) is 0.769. The van der Waals surface area contributed by atoms with E-state index in [1.54, 1.807) is 0 Å². The molecule has 0 saturated carbocycles. The van der Waals surface area contributed by atoms with Crippen LogP contribution in [0.15, 0.2) is 10.6 Å². The largest absolute Gasteiger partial charge is 0.446 e. The molecule has 2 N–H and O–H groups in total. The number of nitrogens with two attached hydrogens (primary N) is 1. The van der Waals surface area contributed by atoms with Gasteiger partial charge in [-0.15, -0.1) is 0 Å². The highest BCUT2D eigenvalue weighted by Crippen LogP contribution is 2.20. The van der Waals surface area contributed by atoms with E-state index in [1.807, 2.05) is 6.20 Å². The summed E-state index contributed by atoms with van der Waals surface area (Å²) in [5, 5.41) is 0. The van der Waals surface area contributed by atoms with Gasteiger partial charge in [0.25, 0.3) is 0 Å². The van der Waals surface area contributed by atoms with Crippen LogP contribution in [0.25, 0.3) is 0 Å². The Labute approximate surface area is 103 Å². The third-order valence-corrected chi connectivity index (χ3v) is 3.56. The van der Waals surface area contributed by atoms with E-state index < -0.39 is 0 Å². The first-order chi connectivity index (χ1) is 8.33. The molecule has 0 aliphatic carbocycles. The maximum absolute atomic E-state index is 5.70. The fourth-order valence-corrected chi connectivity index (χ4v) is 2.61. The highest BCUT2D eigenvalue weighted by atomic mass is 16.4. The Morgan fingerprint density at radius 2 is 2.41 bits per heavy atom. The SMILES string of the molecule is CCN1CCCCC1Cc1ncc(CCN)o1. The maximum atomic E-state index is 5.70. The lowest BCUT2D eigenvalue weighted by Crippen LogP contribution is -2.40. The second-order valence-electron chi connectivity index (χ2n) is 4.74. The molecular formula is C13H23N3O. The molecule has 1 aliphatic heterocycles. The summed E-state index contributed by atoms with van der Waals surface area (Å²) < 4.78 is 5.70. The number of aromatic nitrogens is 1. The van der Waals surface area contributed by atoms with Gasteiger partial charge in [0, 0.05) is 18.9 Å². The summed E-state index contributed by atoms with van der Waals surface area (Å²) in [4.78, 5) is 6.89. The van der Waals surface area contributed by atoms with Crippen molar-refractivity contribution >= 4 is 0 Å². The molecule has 2 rings (SSSR count). The number of piperidine rings is 1. The van der Waals surface area contributed by atoms with E-state index >= 15 is 0 Å². The minimum absolute atomic E-state index is 0.609. The summed E-state index contributed by atoms with van der Waals surface area (Å²) in [7, 11) is 0. The van der Waals surface area contributed by atoms with Crippen LogP contribution in [0.5, 0.6) is 0 Å². The van der Waals surface area contributed by atoms with E-state index in [1.165, 1.54) is 25.8 Å². The molecule has 0 bridgehead atoms. The van der Waals surface area contributed by atoms with Gasteiger partial charge in [0.2, 0.25) is 0 Å². The zero-order chi connectivity index (χ0) is 12.1. The quantitative estimate of drug-likeness (QED) is 0.845. The van der Waals surface area contributed by atoms with Gasteiger partial charge in [-0.1, -0.05) is 13.3 Å². The van der Waals surface area contributed by atoms with Crippen molar-refractivity contribution in [2.45, 2.75) is 45.1 Å². The van der Waals surface area contributed by atoms with Gasteiger partial charge in [0.15, 0.2) is 5.89 Å². The number of hydrogen-bond donors (Lipinski definition) is 1. The zero-order valence-electron chi connectivity index (χ0n) is 10.7. The monoisotopic (exact) mass is 237 g/mol. The first kappa shape index (κ1) is 12.6. The Kier molecular flexibility index (Phi) is 4.57. The standard InChI is InChI=1S/C13H23N3O/c1-2-16-8-4-3-5-11(16)9-13-15-10-12(17-13)6-7-14/h10-11H,2-9,14H2,1H3. The highest BCUT2D eigenvalue weighted by Gasteiger charge is 2.22. The molecule has 2 heterocycles. The Hall–Kier alpha value is -0.870. The summed E-state index contributed by atoms with van der Waals surface area (Å²) >= 11 is 0. The predicted octanol–water partition coefficient (Wildman–Crippen LogP) is 1.59. The first-order valence-electron chi connectivity index (χ1n) is 6.71. The molecule has 1 fully saturated rings. The van der Waals surface area contributed by atoms with E-state index in [9.17, 15) is 0 Å².